The predicted octanol–water partition coefficient (Wildman–Crippen LogP) is 4.43. The van der Waals surface area contributed by atoms with Gasteiger partial charge in [0.15, 0.2) is 0 Å². The molecule has 0 spiro atoms. The number of hydrogen-bond donors (Lipinski definition) is 1. The van der Waals surface area contributed by atoms with Crippen LogP contribution in [0.1, 0.15) is 18.0 Å². The summed E-state index contributed by atoms with van der Waals surface area (Å²) >= 11 is 1.67. The number of thiophene rings is 1. The van der Waals surface area contributed by atoms with Crippen LogP contribution in [0.3, 0.4) is 0 Å². The van der Waals surface area contributed by atoms with Crippen LogP contribution in [0, 0.1) is 0 Å². The smallest absolute Gasteiger partial charge is 0.222 e. The first-order valence-electron chi connectivity index (χ1n) is 9.68. The van der Waals surface area contributed by atoms with Crippen molar-refractivity contribution in [1.29, 1.82) is 0 Å². The molecule has 1 amide bonds. The van der Waals surface area contributed by atoms with Gasteiger partial charge in [0.05, 0.1) is 17.8 Å². The van der Waals surface area contributed by atoms with Crippen molar-refractivity contribution in [2.75, 3.05) is 18.0 Å². The number of hydrogen-bond acceptors (Lipinski definition) is 5. The van der Waals surface area contributed by atoms with Gasteiger partial charge in [-0.1, -0.05) is 60.7 Å². The van der Waals surface area contributed by atoms with Crippen molar-refractivity contribution in [3.63, 3.8) is 0 Å². The summed E-state index contributed by atoms with van der Waals surface area (Å²) in [6.07, 6.45) is 2.04. The van der Waals surface area contributed by atoms with E-state index in [-0.39, 0.29) is 11.9 Å². The zero-order chi connectivity index (χ0) is 19.6. The van der Waals surface area contributed by atoms with E-state index in [2.05, 4.69) is 50.5 Å². The highest BCUT2D eigenvalue weighted by molar-refractivity contribution is 7.21. The lowest BCUT2D eigenvalue weighted by Gasteiger charge is -2.30. The largest absolute Gasteiger partial charge is 0.354 e. The summed E-state index contributed by atoms with van der Waals surface area (Å²) in [4.78, 5) is 25.9. The first-order valence-corrected chi connectivity index (χ1v) is 10.5. The van der Waals surface area contributed by atoms with Gasteiger partial charge in [-0.2, -0.15) is 0 Å². The molecule has 1 fully saturated rings. The summed E-state index contributed by atoms with van der Waals surface area (Å²) in [5.74, 6) is 0.959. The molecule has 1 unspecified atom stereocenters. The van der Waals surface area contributed by atoms with E-state index >= 15 is 0 Å². The van der Waals surface area contributed by atoms with Crippen LogP contribution < -0.4 is 10.2 Å². The third-order valence-corrected chi connectivity index (χ3v) is 6.35. The fraction of sp³-hybridized carbons (Fsp3) is 0.174. The number of anilines is 1. The standard InChI is InChI=1S/C23H20N4OS/c28-21-14-19(16-7-3-1-4-8-16)27(12-11-24-21)22-18-13-20(17-9-5-2-6-10-17)29-23(18)26-15-25-22/h1-10,13,15,19H,11-12,14H2,(H,24,28). The average molecular weight is 401 g/mol. The molecule has 1 saturated heterocycles. The number of carbonyl (C=O) groups is 1. The van der Waals surface area contributed by atoms with Crippen molar-refractivity contribution in [3.8, 4) is 10.4 Å². The van der Waals surface area contributed by atoms with E-state index < -0.39 is 0 Å². The lowest BCUT2D eigenvalue weighted by Crippen LogP contribution is -2.31. The van der Waals surface area contributed by atoms with Crippen molar-refractivity contribution in [3.05, 3.63) is 78.6 Å². The molecular weight excluding hydrogens is 380 g/mol. The van der Waals surface area contributed by atoms with Crippen LogP contribution in [0.4, 0.5) is 5.82 Å². The Bertz CT molecular complexity index is 1140. The van der Waals surface area contributed by atoms with Gasteiger partial charge in [0, 0.05) is 18.0 Å². The molecule has 0 saturated carbocycles. The highest BCUT2D eigenvalue weighted by Crippen LogP contribution is 2.39. The van der Waals surface area contributed by atoms with Crippen LogP contribution >= 0.6 is 11.3 Å². The SMILES string of the molecule is O=C1CC(c2ccccc2)N(c2ncnc3sc(-c4ccccc4)cc23)CCN1. The highest BCUT2D eigenvalue weighted by Gasteiger charge is 2.29. The fourth-order valence-electron chi connectivity index (χ4n) is 3.87. The molecule has 3 heterocycles. The second-order valence-corrected chi connectivity index (χ2v) is 8.10. The average Bonchev–Trinajstić information content (AvgIpc) is 3.12. The highest BCUT2D eigenvalue weighted by atomic mass is 32.1. The lowest BCUT2D eigenvalue weighted by molar-refractivity contribution is -0.121. The summed E-state index contributed by atoms with van der Waals surface area (Å²) in [5.41, 5.74) is 2.29. The van der Waals surface area contributed by atoms with Crippen LogP contribution in [0.15, 0.2) is 73.1 Å². The van der Waals surface area contributed by atoms with Crippen molar-refractivity contribution in [2.45, 2.75) is 12.5 Å². The molecule has 1 aliphatic heterocycles. The van der Waals surface area contributed by atoms with Crippen LogP contribution in [-0.2, 0) is 4.79 Å². The van der Waals surface area contributed by atoms with Gasteiger partial charge in [0.25, 0.3) is 0 Å². The summed E-state index contributed by atoms with van der Waals surface area (Å²) in [6, 6.07) is 22.6. The van der Waals surface area contributed by atoms with Gasteiger partial charge in [-0.15, -0.1) is 11.3 Å². The molecule has 1 aliphatic rings. The van der Waals surface area contributed by atoms with Crippen LogP contribution in [0.25, 0.3) is 20.7 Å². The van der Waals surface area contributed by atoms with E-state index in [1.54, 1.807) is 17.7 Å². The zero-order valence-electron chi connectivity index (χ0n) is 15.8. The van der Waals surface area contributed by atoms with Crippen molar-refractivity contribution in [1.82, 2.24) is 15.3 Å². The first-order chi connectivity index (χ1) is 14.3. The van der Waals surface area contributed by atoms with Crippen molar-refractivity contribution in [2.24, 2.45) is 0 Å². The Hall–Kier alpha value is -3.25. The number of carbonyl (C=O) groups excluding carboxylic acids is 1. The van der Waals surface area contributed by atoms with Crippen LogP contribution in [0.2, 0.25) is 0 Å². The molecule has 1 atom stereocenters. The molecule has 29 heavy (non-hydrogen) atoms. The molecule has 4 aromatic rings. The molecule has 5 rings (SSSR count). The normalized spacial score (nSPS) is 17.2. The molecule has 5 nitrogen and oxygen atoms in total. The minimum absolute atomic E-state index is 0.0584. The molecule has 6 heteroatoms. The topological polar surface area (TPSA) is 58.1 Å². The van der Waals surface area contributed by atoms with E-state index in [0.717, 1.165) is 21.6 Å². The molecule has 0 radical (unpaired) electrons. The Labute approximate surface area is 173 Å². The quantitative estimate of drug-likeness (QED) is 0.553. The van der Waals surface area contributed by atoms with Gasteiger partial charge in [-0.25, -0.2) is 9.97 Å². The Morgan fingerprint density at radius 1 is 1.00 bits per heavy atom. The van der Waals surface area contributed by atoms with E-state index in [1.165, 1.54) is 10.4 Å². The summed E-state index contributed by atoms with van der Waals surface area (Å²) in [7, 11) is 0. The molecule has 1 N–H and O–H groups in total. The zero-order valence-corrected chi connectivity index (χ0v) is 16.6. The monoisotopic (exact) mass is 400 g/mol. The molecule has 2 aromatic heterocycles. The predicted molar refractivity (Wildman–Crippen MR) is 117 cm³/mol. The number of aromatic nitrogens is 2. The maximum atomic E-state index is 12.3. The number of benzene rings is 2. The first kappa shape index (κ1) is 17.8. The number of nitrogens with one attached hydrogen (secondary N) is 1. The minimum atomic E-state index is -0.0584. The van der Waals surface area contributed by atoms with E-state index in [9.17, 15) is 4.79 Å². The Kier molecular flexibility index (Phi) is 4.69. The minimum Gasteiger partial charge on any atom is -0.354 e. The van der Waals surface area contributed by atoms with Gasteiger partial charge in [0.1, 0.15) is 17.0 Å². The Balaban J connectivity index is 1.62. The maximum absolute atomic E-state index is 12.3. The maximum Gasteiger partial charge on any atom is 0.222 e. The number of rotatable bonds is 3. The molecule has 0 aliphatic carbocycles. The lowest BCUT2D eigenvalue weighted by atomic mass is 10.0. The third kappa shape index (κ3) is 3.47. The molecule has 144 valence electrons. The summed E-state index contributed by atoms with van der Waals surface area (Å²) in [6.45, 7) is 1.30. The fourth-order valence-corrected chi connectivity index (χ4v) is 4.87. The van der Waals surface area contributed by atoms with Gasteiger partial charge < -0.3 is 10.2 Å². The van der Waals surface area contributed by atoms with Crippen molar-refractivity contribution >= 4 is 33.3 Å². The van der Waals surface area contributed by atoms with Crippen LogP contribution in [-0.4, -0.2) is 29.0 Å². The number of fused-ring (bicyclic) bond motifs is 1. The van der Waals surface area contributed by atoms with Crippen LogP contribution in [0.5, 0.6) is 0 Å². The molecular formula is C23H20N4OS. The molecule has 2 aromatic carbocycles. The second kappa shape index (κ2) is 7.64. The third-order valence-electron chi connectivity index (χ3n) is 5.25. The Morgan fingerprint density at radius 2 is 1.76 bits per heavy atom. The second-order valence-electron chi connectivity index (χ2n) is 7.07. The van der Waals surface area contributed by atoms with Gasteiger partial charge in [0.2, 0.25) is 5.91 Å². The van der Waals surface area contributed by atoms with E-state index in [4.69, 9.17) is 0 Å². The summed E-state index contributed by atoms with van der Waals surface area (Å²) in [5, 5.41) is 4.04. The van der Waals surface area contributed by atoms with E-state index in [0.29, 0.717) is 19.5 Å². The Morgan fingerprint density at radius 3 is 2.55 bits per heavy atom. The van der Waals surface area contributed by atoms with E-state index in [1.807, 2.05) is 36.4 Å². The molecule has 0 bridgehead atoms. The van der Waals surface area contributed by atoms with Gasteiger partial charge in [-0.05, 0) is 17.2 Å². The van der Waals surface area contributed by atoms with Crippen molar-refractivity contribution < 1.29 is 4.79 Å². The van der Waals surface area contributed by atoms with Gasteiger partial charge >= 0.3 is 0 Å². The number of nitrogens with zero attached hydrogens (tertiary/aromatic N) is 3. The summed E-state index contributed by atoms with van der Waals surface area (Å²) < 4.78 is 0. The van der Waals surface area contributed by atoms with Gasteiger partial charge in [-0.3, -0.25) is 4.79 Å². The number of amides is 1.